The molecule has 0 spiro atoms. The monoisotopic (exact) mass is 438 g/mol. The fraction of sp³-hybridized carbons (Fsp3) is 0.652. The second kappa shape index (κ2) is 11.2. The fourth-order valence-electron chi connectivity index (χ4n) is 4.81. The van der Waals surface area contributed by atoms with Crippen molar-refractivity contribution < 1.29 is 24.5 Å². The smallest absolute Gasteiger partial charge is 0.306 e. The summed E-state index contributed by atoms with van der Waals surface area (Å²) in [6, 6.07) is 3.48. The average Bonchev–Trinajstić information content (AvgIpc) is 2.77. The number of aliphatic hydroxyl groups is 1. The standard InChI is InChI=1S/C23H32B2N2O5/c1-2-32-21(29)14-15-3-7-26(8-4-15)17-5-9-27(10-6-17)23(31)20(28)13-16-11-18(24)22(30)19(25)12-16/h11-12,15,17,20,28,30H,2-10,13-14H2,1H3/t20-/m1/s1. The Bertz CT molecular complexity index is 783. The van der Waals surface area contributed by atoms with Crippen molar-refractivity contribution >= 4 is 38.5 Å². The molecule has 0 unspecified atom stereocenters. The van der Waals surface area contributed by atoms with E-state index in [-0.39, 0.29) is 35.0 Å². The Morgan fingerprint density at radius 3 is 2.25 bits per heavy atom. The number of esters is 1. The van der Waals surface area contributed by atoms with E-state index < -0.39 is 6.10 Å². The van der Waals surface area contributed by atoms with Crippen LogP contribution in [0.1, 0.15) is 44.6 Å². The lowest BCUT2D eigenvalue weighted by atomic mass is 9.83. The first-order valence-corrected chi connectivity index (χ1v) is 11.5. The minimum atomic E-state index is -1.17. The zero-order valence-corrected chi connectivity index (χ0v) is 18.8. The Morgan fingerprint density at radius 2 is 1.69 bits per heavy atom. The first-order valence-electron chi connectivity index (χ1n) is 11.5. The Kier molecular flexibility index (Phi) is 8.65. The number of phenols is 1. The molecule has 0 aromatic heterocycles. The van der Waals surface area contributed by atoms with Gasteiger partial charge in [-0.25, -0.2) is 0 Å². The number of carbonyl (C=O) groups excluding carboxylic acids is 2. The number of benzene rings is 1. The SMILES string of the molecule is [B]c1cc(C[C@@H](O)C(=O)N2CCC(N3CCC(CC(=O)OCC)CC3)CC2)cc([B])c1O. The lowest BCUT2D eigenvalue weighted by molar-refractivity contribution is -0.144. The van der Waals surface area contributed by atoms with E-state index in [2.05, 4.69) is 4.90 Å². The molecule has 2 aliphatic heterocycles. The van der Waals surface area contributed by atoms with Gasteiger partial charge in [-0.05, 0) is 57.2 Å². The van der Waals surface area contributed by atoms with Crippen LogP contribution < -0.4 is 10.9 Å². The van der Waals surface area contributed by atoms with Crippen molar-refractivity contribution in [3.8, 4) is 5.75 Å². The lowest BCUT2D eigenvalue weighted by Crippen LogP contribution is -2.51. The third kappa shape index (κ3) is 6.29. The summed E-state index contributed by atoms with van der Waals surface area (Å²) in [5, 5.41) is 20.1. The highest BCUT2D eigenvalue weighted by Crippen LogP contribution is 2.26. The normalized spacial score (nSPS) is 19.6. The third-order valence-corrected chi connectivity index (χ3v) is 6.65. The molecule has 9 heteroatoms. The van der Waals surface area contributed by atoms with Crippen molar-refractivity contribution in [2.45, 2.75) is 57.6 Å². The van der Waals surface area contributed by atoms with Gasteiger partial charge in [-0.2, -0.15) is 0 Å². The van der Waals surface area contributed by atoms with E-state index in [0.29, 0.717) is 43.6 Å². The zero-order valence-electron chi connectivity index (χ0n) is 18.8. The largest absolute Gasteiger partial charge is 0.509 e. The van der Waals surface area contributed by atoms with Gasteiger partial charge in [0.25, 0.3) is 5.91 Å². The summed E-state index contributed by atoms with van der Waals surface area (Å²) in [6.45, 7) is 5.42. The molecular formula is C23H32B2N2O5. The van der Waals surface area contributed by atoms with Gasteiger partial charge in [0.1, 0.15) is 27.5 Å². The van der Waals surface area contributed by atoms with Crippen molar-refractivity contribution in [2.24, 2.45) is 5.92 Å². The van der Waals surface area contributed by atoms with Gasteiger partial charge in [0, 0.05) is 32.0 Å². The molecular weight excluding hydrogens is 406 g/mol. The number of aliphatic hydroxyl groups excluding tert-OH is 1. The number of hydrogen-bond donors (Lipinski definition) is 2. The van der Waals surface area contributed by atoms with E-state index in [1.165, 1.54) is 12.1 Å². The fourth-order valence-corrected chi connectivity index (χ4v) is 4.81. The van der Waals surface area contributed by atoms with Gasteiger partial charge in [-0.15, -0.1) is 0 Å². The minimum absolute atomic E-state index is 0.0986. The first-order chi connectivity index (χ1) is 15.3. The summed E-state index contributed by atoms with van der Waals surface area (Å²) in [6.07, 6.45) is 3.17. The summed E-state index contributed by atoms with van der Waals surface area (Å²) in [7, 11) is 11.4. The lowest BCUT2D eigenvalue weighted by Gasteiger charge is -2.42. The molecule has 4 radical (unpaired) electrons. The van der Waals surface area contributed by atoms with Gasteiger partial charge in [0.2, 0.25) is 0 Å². The number of hydrogen-bond acceptors (Lipinski definition) is 6. The van der Waals surface area contributed by atoms with E-state index in [4.69, 9.17) is 20.4 Å². The van der Waals surface area contributed by atoms with Crippen LogP contribution in [0.4, 0.5) is 0 Å². The van der Waals surface area contributed by atoms with Crippen LogP contribution in [0, 0.1) is 5.92 Å². The molecule has 2 saturated heterocycles. The quantitative estimate of drug-likeness (QED) is 0.443. The number of carbonyl (C=O) groups is 2. The molecule has 1 aromatic rings. The van der Waals surface area contributed by atoms with Crippen LogP contribution in [-0.2, 0) is 20.7 Å². The highest BCUT2D eigenvalue weighted by Gasteiger charge is 2.32. The van der Waals surface area contributed by atoms with Gasteiger partial charge in [-0.1, -0.05) is 23.1 Å². The predicted octanol–water partition coefficient (Wildman–Crippen LogP) is -0.461. The van der Waals surface area contributed by atoms with Crippen LogP contribution in [0.3, 0.4) is 0 Å². The number of phenolic OH excluding ortho intramolecular Hbond substituents is 1. The van der Waals surface area contributed by atoms with Crippen molar-refractivity contribution in [3.05, 3.63) is 17.7 Å². The maximum atomic E-state index is 12.7. The topological polar surface area (TPSA) is 90.3 Å². The van der Waals surface area contributed by atoms with E-state index in [9.17, 15) is 19.8 Å². The maximum Gasteiger partial charge on any atom is 0.306 e. The molecule has 170 valence electrons. The zero-order chi connectivity index (χ0) is 23.3. The maximum absolute atomic E-state index is 12.7. The van der Waals surface area contributed by atoms with Gasteiger partial charge in [-0.3, -0.25) is 9.59 Å². The van der Waals surface area contributed by atoms with Crippen LogP contribution in [0.25, 0.3) is 0 Å². The average molecular weight is 438 g/mol. The molecule has 2 aliphatic rings. The molecule has 1 aromatic carbocycles. The third-order valence-electron chi connectivity index (χ3n) is 6.65. The molecule has 7 nitrogen and oxygen atoms in total. The Labute approximate surface area is 192 Å². The minimum Gasteiger partial charge on any atom is -0.509 e. The van der Waals surface area contributed by atoms with Crippen LogP contribution in [0.15, 0.2) is 12.1 Å². The highest BCUT2D eigenvalue weighted by atomic mass is 16.5. The van der Waals surface area contributed by atoms with Crippen molar-refractivity contribution in [3.63, 3.8) is 0 Å². The summed E-state index contributed by atoms with van der Waals surface area (Å²) in [5.74, 6) is -0.178. The molecule has 0 bridgehead atoms. The number of ether oxygens (including phenoxy) is 1. The van der Waals surface area contributed by atoms with Crippen LogP contribution in [0.5, 0.6) is 5.75 Å². The summed E-state index contributed by atoms with van der Waals surface area (Å²) in [5.41, 5.74) is 0.872. The van der Waals surface area contributed by atoms with E-state index in [1.807, 2.05) is 6.92 Å². The summed E-state index contributed by atoms with van der Waals surface area (Å²) in [4.78, 5) is 28.6. The van der Waals surface area contributed by atoms with Gasteiger partial charge in [0.05, 0.1) is 6.61 Å². The molecule has 0 aliphatic carbocycles. The molecule has 3 rings (SSSR count). The number of piperidine rings is 2. The number of likely N-dealkylation sites (tertiary alicyclic amines) is 2. The Hall–Kier alpha value is -1.99. The van der Waals surface area contributed by atoms with Crippen LogP contribution in [0.2, 0.25) is 0 Å². The van der Waals surface area contributed by atoms with Gasteiger partial charge in [0.15, 0.2) is 0 Å². The second-order valence-electron chi connectivity index (χ2n) is 8.89. The van der Waals surface area contributed by atoms with E-state index in [0.717, 1.165) is 38.8 Å². The number of amides is 1. The molecule has 0 saturated carbocycles. The van der Waals surface area contributed by atoms with E-state index in [1.54, 1.807) is 4.90 Å². The number of rotatable bonds is 7. The molecule has 2 N–H and O–H groups in total. The van der Waals surface area contributed by atoms with Crippen molar-refractivity contribution in [2.75, 3.05) is 32.8 Å². The predicted molar refractivity (Wildman–Crippen MR) is 124 cm³/mol. The summed E-state index contributed by atoms with van der Waals surface area (Å²) >= 11 is 0. The summed E-state index contributed by atoms with van der Waals surface area (Å²) < 4.78 is 5.06. The molecule has 1 amide bonds. The molecule has 2 heterocycles. The van der Waals surface area contributed by atoms with Crippen molar-refractivity contribution in [1.29, 1.82) is 0 Å². The van der Waals surface area contributed by atoms with Gasteiger partial charge >= 0.3 is 5.97 Å². The van der Waals surface area contributed by atoms with E-state index >= 15 is 0 Å². The molecule has 32 heavy (non-hydrogen) atoms. The Morgan fingerprint density at radius 1 is 1.09 bits per heavy atom. The van der Waals surface area contributed by atoms with Gasteiger partial charge < -0.3 is 24.7 Å². The Balaban J connectivity index is 1.43. The second-order valence-corrected chi connectivity index (χ2v) is 8.89. The van der Waals surface area contributed by atoms with Crippen LogP contribution in [-0.4, -0.2) is 92.5 Å². The number of aromatic hydroxyl groups is 1. The van der Waals surface area contributed by atoms with Crippen molar-refractivity contribution in [1.82, 2.24) is 9.80 Å². The molecule has 2 fully saturated rings. The molecule has 1 atom stereocenters. The van der Waals surface area contributed by atoms with Crippen LogP contribution >= 0.6 is 0 Å². The number of nitrogens with zero attached hydrogens (tertiary/aromatic N) is 2. The highest BCUT2D eigenvalue weighted by molar-refractivity contribution is 6.41. The first kappa shape index (κ1) is 24.6.